The van der Waals surface area contributed by atoms with Crippen LogP contribution in [-0.4, -0.2) is 122 Å². The molecule has 13 nitrogen and oxygen atoms in total. The maximum Gasteiger partial charge on any atom is 0.245 e. The molecular formula is C42H69N7O6S. The lowest BCUT2D eigenvalue weighted by Crippen LogP contribution is -2.59. The van der Waals surface area contributed by atoms with E-state index in [4.69, 9.17) is 15.2 Å². The van der Waals surface area contributed by atoms with Gasteiger partial charge in [0.05, 0.1) is 48.7 Å². The number of anilines is 1. The molecule has 0 radical (unpaired) electrons. The number of nitrogens with zero attached hydrogens (tertiary/aromatic N) is 4. The van der Waals surface area contributed by atoms with Crippen LogP contribution in [0.4, 0.5) is 5.69 Å². The number of amides is 4. The van der Waals surface area contributed by atoms with Gasteiger partial charge in [-0.1, -0.05) is 67.0 Å². The van der Waals surface area contributed by atoms with Gasteiger partial charge in [-0.2, -0.15) is 0 Å². The zero-order valence-electron chi connectivity index (χ0n) is 35.8. The Morgan fingerprint density at radius 3 is 2.14 bits per heavy atom. The van der Waals surface area contributed by atoms with E-state index >= 15 is 0 Å². The Morgan fingerprint density at radius 2 is 1.62 bits per heavy atom. The average Bonchev–Trinajstić information content (AvgIpc) is 3.87. The predicted octanol–water partition coefficient (Wildman–Crippen LogP) is 4.77. The number of hydrogen-bond donors (Lipinski definition) is 3. The molecule has 0 spiro atoms. The van der Waals surface area contributed by atoms with Gasteiger partial charge < -0.3 is 35.6 Å². The Hall–Kier alpha value is -3.59. The molecule has 9 atom stereocenters. The van der Waals surface area contributed by atoms with Gasteiger partial charge in [-0.25, -0.2) is 4.98 Å². The second-order valence-corrected chi connectivity index (χ2v) is 17.3. The number of likely N-dealkylation sites (N-methyl/N-ethyl adjacent to an activating group) is 2. The summed E-state index contributed by atoms with van der Waals surface area (Å²) in [6.45, 7) is 14.3. The van der Waals surface area contributed by atoms with Crippen LogP contribution in [0.15, 0.2) is 35.8 Å². The Balaban J connectivity index is 1.79. The number of benzene rings is 1. The number of hydrogen-bond acceptors (Lipinski definition) is 10. The number of nitrogens with two attached hydrogens (primary N) is 1. The maximum absolute atomic E-state index is 14.3. The lowest BCUT2D eigenvalue weighted by molar-refractivity contribution is -0.148. The van der Waals surface area contributed by atoms with E-state index in [9.17, 15) is 19.2 Å². The third kappa shape index (κ3) is 12.0. The molecule has 2 heterocycles. The van der Waals surface area contributed by atoms with Crippen LogP contribution in [0.1, 0.15) is 90.8 Å². The van der Waals surface area contributed by atoms with Crippen LogP contribution in [0.3, 0.4) is 0 Å². The van der Waals surface area contributed by atoms with Gasteiger partial charge in [0.1, 0.15) is 11.0 Å². The van der Waals surface area contributed by atoms with Gasteiger partial charge in [-0.15, -0.1) is 11.3 Å². The van der Waals surface area contributed by atoms with E-state index in [1.165, 1.54) is 11.3 Å². The van der Waals surface area contributed by atoms with Crippen molar-refractivity contribution in [2.45, 2.75) is 123 Å². The first-order chi connectivity index (χ1) is 26.5. The Bertz CT molecular complexity index is 1530. The number of nitrogens with one attached hydrogen (secondary N) is 2. The van der Waals surface area contributed by atoms with Gasteiger partial charge >= 0.3 is 0 Å². The summed E-state index contributed by atoms with van der Waals surface area (Å²) in [5.41, 5.74) is 7.60. The predicted molar refractivity (Wildman–Crippen MR) is 223 cm³/mol. The van der Waals surface area contributed by atoms with Crippen molar-refractivity contribution in [1.82, 2.24) is 30.3 Å². The minimum Gasteiger partial charge on any atom is -0.399 e. The molecule has 1 aromatic carbocycles. The van der Waals surface area contributed by atoms with Gasteiger partial charge in [0.15, 0.2) is 0 Å². The SMILES string of the molecule is CC[C@H](C)[C@@H]([C@@H](CC(=O)N1CCC[C@H]1[C@H](OC)[C@@H](C)C(=O)N[C@@H](Cc1ccc(N)cc1)c1nccs1)OC)N(C)C(=O)[C@@H](NC(=O)[C@H](C(C)C)N(C)C)C(C)C. The standard InChI is InChI=1S/C42H69N7O6S/c1-13-27(6)37(48(10)42(53)35(25(2)3)46-40(52)36(26(4)5)47(8)9)33(54-11)24-34(50)49-21-14-15-32(49)38(55-12)28(7)39(51)45-31(41-44-20-22-56-41)23-29-16-18-30(43)19-17-29/h16-20,22,25-28,31-33,35-38H,13-15,21,23-24,43H2,1-12H3,(H,45,51)(H,46,52)/t27-,28+,31-,32-,33+,35-,36-,37-,38+/m0/s1. The number of carbonyl (C=O) groups excluding carboxylic acids is 4. The number of aromatic nitrogens is 1. The van der Waals surface area contributed by atoms with Crippen molar-refractivity contribution in [3.05, 3.63) is 46.4 Å². The van der Waals surface area contributed by atoms with E-state index in [-0.39, 0.29) is 59.9 Å². The molecule has 14 heteroatoms. The number of carbonyl (C=O) groups is 4. The average molecular weight is 800 g/mol. The summed E-state index contributed by atoms with van der Waals surface area (Å²) < 4.78 is 12.1. The van der Waals surface area contributed by atoms with Crippen molar-refractivity contribution in [1.29, 1.82) is 0 Å². The second kappa shape index (κ2) is 21.8. The fourth-order valence-corrected chi connectivity index (χ4v) is 8.90. The minimum absolute atomic E-state index is 0.0146. The number of likely N-dealkylation sites (tertiary alicyclic amines) is 1. The molecule has 0 bridgehead atoms. The van der Waals surface area contributed by atoms with Gasteiger partial charge in [-0.05, 0) is 68.8 Å². The highest BCUT2D eigenvalue weighted by Gasteiger charge is 2.43. The van der Waals surface area contributed by atoms with E-state index in [0.717, 1.165) is 23.4 Å². The van der Waals surface area contributed by atoms with E-state index in [0.29, 0.717) is 25.1 Å². The normalized spacial score (nSPS) is 18.9. The molecule has 3 rings (SSSR count). The smallest absolute Gasteiger partial charge is 0.245 e. The molecule has 4 N–H and O–H groups in total. The molecule has 56 heavy (non-hydrogen) atoms. The highest BCUT2D eigenvalue weighted by Crippen LogP contribution is 2.30. The fourth-order valence-electron chi connectivity index (χ4n) is 8.21. The molecular weight excluding hydrogens is 731 g/mol. The number of nitrogen functional groups attached to an aromatic ring is 1. The first kappa shape index (κ1) is 46.8. The first-order valence-electron chi connectivity index (χ1n) is 20.1. The summed E-state index contributed by atoms with van der Waals surface area (Å²) in [7, 11) is 8.63. The number of rotatable bonds is 21. The van der Waals surface area contributed by atoms with E-state index in [1.807, 2.05) is 88.2 Å². The molecule has 1 aromatic heterocycles. The third-order valence-electron chi connectivity index (χ3n) is 11.4. The van der Waals surface area contributed by atoms with Crippen molar-refractivity contribution < 1.29 is 28.7 Å². The summed E-state index contributed by atoms with van der Waals surface area (Å²) in [5.74, 6) is -1.43. The summed E-state index contributed by atoms with van der Waals surface area (Å²) in [6, 6.07) is 5.33. The van der Waals surface area contributed by atoms with Crippen LogP contribution in [-0.2, 0) is 35.1 Å². The Kier molecular flexibility index (Phi) is 18.2. The monoisotopic (exact) mass is 800 g/mol. The first-order valence-corrected chi connectivity index (χ1v) is 21.0. The van der Waals surface area contributed by atoms with Crippen molar-refractivity contribution >= 4 is 40.7 Å². The van der Waals surface area contributed by atoms with Crippen LogP contribution < -0.4 is 16.4 Å². The number of thiazole rings is 1. The Labute approximate surface area is 339 Å². The van der Waals surface area contributed by atoms with Gasteiger partial charge in [0.25, 0.3) is 0 Å². The highest BCUT2D eigenvalue weighted by atomic mass is 32.1. The highest BCUT2D eigenvalue weighted by molar-refractivity contribution is 7.09. The zero-order chi connectivity index (χ0) is 41.9. The lowest BCUT2D eigenvalue weighted by atomic mass is 9.89. The maximum atomic E-state index is 14.3. The molecule has 314 valence electrons. The molecule has 1 aliphatic rings. The van der Waals surface area contributed by atoms with Gasteiger partial charge in [-0.3, -0.25) is 24.1 Å². The lowest BCUT2D eigenvalue weighted by Gasteiger charge is -2.41. The zero-order valence-corrected chi connectivity index (χ0v) is 36.6. The molecule has 1 saturated heterocycles. The molecule has 0 saturated carbocycles. The van der Waals surface area contributed by atoms with Crippen LogP contribution in [0.2, 0.25) is 0 Å². The number of ether oxygens (including phenoxy) is 2. The molecule has 1 aliphatic heterocycles. The fraction of sp³-hybridized carbons (Fsp3) is 0.690. The molecule has 0 unspecified atom stereocenters. The molecule has 1 fully saturated rings. The van der Waals surface area contributed by atoms with Gasteiger partial charge in [0.2, 0.25) is 23.6 Å². The second-order valence-electron chi connectivity index (χ2n) is 16.3. The van der Waals surface area contributed by atoms with Crippen molar-refractivity contribution in [2.24, 2.45) is 23.7 Å². The van der Waals surface area contributed by atoms with Crippen molar-refractivity contribution in [3.63, 3.8) is 0 Å². The quantitative estimate of drug-likeness (QED) is 0.151. The third-order valence-corrected chi connectivity index (χ3v) is 12.3. The summed E-state index contributed by atoms with van der Waals surface area (Å²) in [6.07, 6.45) is 3.35. The topological polar surface area (TPSA) is 159 Å². The largest absolute Gasteiger partial charge is 0.399 e. The van der Waals surface area contributed by atoms with E-state index in [1.54, 1.807) is 32.4 Å². The van der Waals surface area contributed by atoms with E-state index < -0.39 is 36.3 Å². The van der Waals surface area contributed by atoms with Crippen LogP contribution in [0, 0.1) is 23.7 Å². The number of methoxy groups -OCH3 is 2. The minimum atomic E-state index is -0.756. The van der Waals surface area contributed by atoms with Crippen LogP contribution >= 0.6 is 11.3 Å². The van der Waals surface area contributed by atoms with Crippen LogP contribution in [0.25, 0.3) is 0 Å². The Morgan fingerprint density at radius 1 is 0.964 bits per heavy atom. The summed E-state index contributed by atoms with van der Waals surface area (Å²) >= 11 is 1.48. The molecule has 2 aromatic rings. The van der Waals surface area contributed by atoms with Crippen LogP contribution in [0.5, 0.6) is 0 Å². The van der Waals surface area contributed by atoms with E-state index in [2.05, 4.69) is 29.5 Å². The molecule has 0 aliphatic carbocycles. The summed E-state index contributed by atoms with van der Waals surface area (Å²) in [5, 5.41) is 8.96. The van der Waals surface area contributed by atoms with Crippen molar-refractivity contribution in [2.75, 3.05) is 47.6 Å². The molecule has 4 amide bonds. The summed E-state index contributed by atoms with van der Waals surface area (Å²) in [4.78, 5) is 65.9. The van der Waals surface area contributed by atoms with Crippen molar-refractivity contribution in [3.8, 4) is 0 Å². The van der Waals surface area contributed by atoms with Gasteiger partial charge in [0, 0.05) is 45.1 Å².